The molecular formula is C52H55N3O6. The van der Waals surface area contributed by atoms with Crippen LogP contribution in [0.15, 0.2) is 91.3 Å². The smallest absolute Gasteiger partial charge is 0.169 e. The molecule has 9 heteroatoms. The third-order valence-electron chi connectivity index (χ3n) is 16.8. The van der Waals surface area contributed by atoms with Gasteiger partial charge in [-0.1, -0.05) is 85.3 Å². The van der Waals surface area contributed by atoms with Crippen molar-refractivity contribution in [2.45, 2.75) is 94.7 Å². The monoisotopic (exact) mass is 817 g/mol. The van der Waals surface area contributed by atoms with Crippen LogP contribution >= 0.6 is 0 Å². The Bertz CT molecular complexity index is 2630. The van der Waals surface area contributed by atoms with Crippen LogP contribution in [-0.2, 0) is 31.2 Å². The van der Waals surface area contributed by atoms with Crippen molar-refractivity contribution in [1.29, 1.82) is 0 Å². The van der Waals surface area contributed by atoms with Gasteiger partial charge in [-0.15, -0.1) is 0 Å². The standard InChI is InChI=1S/C52H55N3O6/c56-40-21-12-31(27-43(40)59)11-18-36-37-4-1-5-41(57)45(37)47(61)46(60)38(36)19-10-30-6-8-32(9-7-30)28-53-44-23-17-35-14-13-34-15-20-39-49(55-29-54-39)52(44)48-42(58)22-16-33-3-2-24-50(33,48)25-26-51(34,35)52/h1,4-9,11-12,16-18,21-23,27,29,33-35,42,44,48,53,56-61H,2-3,10,13-15,19-20,24-26,28H2,(H,54,55)/b18-11+/t33-,34+,35+,42+,44-,48-,50+,51+,52-/m0/s1. The second kappa shape index (κ2) is 14.3. The molecule has 3 fully saturated rings. The molecule has 2 spiro atoms. The third kappa shape index (κ3) is 5.48. The predicted molar refractivity (Wildman–Crippen MR) is 236 cm³/mol. The van der Waals surface area contributed by atoms with Crippen LogP contribution in [0.1, 0.15) is 90.6 Å². The van der Waals surface area contributed by atoms with Crippen molar-refractivity contribution in [1.82, 2.24) is 15.3 Å². The maximum atomic E-state index is 12.4. The molecule has 11 rings (SSSR count). The van der Waals surface area contributed by atoms with Gasteiger partial charge in [0.2, 0.25) is 0 Å². The van der Waals surface area contributed by atoms with Crippen molar-refractivity contribution in [3.05, 3.63) is 131 Å². The number of allylic oxidation sites excluding steroid dienone is 2. The first-order valence-corrected chi connectivity index (χ1v) is 22.4. The van der Waals surface area contributed by atoms with Gasteiger partial charge in [0.15, 0.2) is 23.0 Å². The number of aliphatic hydroxyl groups is 1. The Morgan fingerprint density at radius 3 is 2.44 bits per heavy atom. The number of nitrogens with zero attached hydrogens (tertiary/aromatic N) is 1. The number of nitrogens with one attached hydrogen (secondary N) is 2. The van der Waals surface area contributed by atoms with E-state index in [2.05, 4.69) is 58.9 Å². The van der Waals surface area contributed by atoms with E-state index in [-0.39, 0.29) is 62.3 Å². The van der Waals surface area contributed by atoms with Crippen LogP contribution < -0.4 is 5.32 Å². The van der Waals surface area contributed by atoms with Crippen molar-refractivity contribution < 1.29 is 30.6 Å². The number of aromatic amines is 1. The highest BCUT2D eigenvalue weighted by Gasteiger charge is 2.77. The quantitative estimate of drug-likeness (QED) is 0.0437. The average molecular weight is 818 g/mol. The van der Waals surface area contributed by atoms with Crippen LogP contribution in [0.3, 0.4) is 0 Å². The van der Waals surface area contributed by atoms with Crippen molar-refractivity contribution in [3.63, 3.8) is 0 Å². The van der Waals surface area contributed by atoms with Crippen LogP contribution in [0.4, 0.5) is 0 Å². The molecule has 0 unspecified atom stereocenters. The summed E-state index contributed by atoms with van der Waals surface area (Å²) >= 11 is 0. The number of rotatable bonds is 8. The van der Waals surface area contributed by atoms with Crippen LogP contribution in [0.2, 0.25) is 0 Å². The minimum atomic E-state index is -0.516. The van der Waals surface area contributed by atoms with E-state index in [4.69, 9.17) is 4.98 Å². The largest absolute Gasteiger partial charge is 0.507 e. The van der Waals surface area contributed by atoms with Crippen molar-refractivity contribution in [3.8, 4) is 28.7 Å². The maximum Gasteiger partial charge on any atom is 0.169 e. The number of hydrogen-bond donors (Lipinski definition) is 8. The molecule has 4 aromatic carbocycles. The number of phenolic OH excluding ortho intramolecular Hbond substituents is 5. The van der Waals surface area contributed by atoms with E-state index < -0.39 is 6.10 Å². The van der Waals surface area contributed by atoms with Gasteiger partial charge in [-0.05, 0) is 139 Å². The first kappa shape index (κ1) is 38.4. The second-order valence-corrected chi connectivity index (χ2v) is 19.1. The summed E-state index contributed by atoms with van der Waals surface area (Å²) in [4.78, 5) is 8.93. The fraction of sp³-hybridized carbons (Fsp3) is 0.404. The Kier molecular flexibility index (Phi) is 8.99. The molecule has 9 atom stereocenters. The number of aryl methyl sites for hydroxylation is 2. The van der Waals surface area contributed by atoms with E-state index in [1.807, 2.05) is 6.33 Å². The number of aromatic hydroxyl groups is 5. The lowest BCUT2D eigenvalue weighted by Crippen LogP contribution is -2.73. The summed E-state index contributed by atoms with van der Waals surface area (Å²) in [6, 6.07) is 18.2. The zero-order valence-corrected chi connectivity index (χ0v) is 34.4. The topological polar surface area (TPSA) is 162 Å². The molecular weight excluding hydrogens is 763 g/mol. The molecule has 314 valence electrons. The second-order valence-electron chi connectivity index (χ2n) is 19.1. The predicted octanol–water partition coefficient (Wildman–Crippen LogP) is 9.10. The summed E-state index contributed by atoms with van der Waals surface area (Å²) in [6.07, 6.45) is 26.2. The maximum absolute atomic E-state index is 12.4. The van der Waals surface area contributed by atoms with E-state index >= 15 is 0 Å². The highest BCUT2D eigenvalue weighted by atomic mass is 16.3. The normalized spacial score (nSPS) is 32.0. The fourth-order valence-corrected chi connectivity index (χ4v) is 14.5. The zero-order valence-electron chi connectivity index (χ0n) is 34.4. The summed E-state index contributed by atoms with van der Waals surface area (Å²) in [5, 5.41) is 70.4. The Balaban J connectivity index is 0.899. The SMILES string of the molecule is Oc1ccc(/C=C/c2c(CCc3ccc(CN[C@H]4C=C[C@H]5CC[C@@H]6CCc7[nH]cnc7[C@@]47[C@H]4[C@H](O)C=C[C@@H]8CCC[C@@]84CC[C@@]657)cc3)c(O)c(O)c3c(O)cccc23)cc1O. The summed E-state index contributed by atoms with van der Waals surface area (Å²) < 4.78 is 0. The van der Waals surface area contributed by atoms with Gasteiger partial charge in [0.25, 0.3) is 0 Å². The van der Waals surface area contributed by atoms with Crippen LogP contribution in [0.25, 0.3) is 22.9 Å². The van der Waals surface area contributed by atoms with Crippen molar-refractivity contribution >= 4 is 22.9 Å². The molecule has 1 aromatic heterocycles. The highest BCUT2D eigenvalue weighted by molar-refractivity contribution is 6.03. The Hall–Kier alpha value is -5.51. The first-order chi connectivity index (χ1) is 29.7. The number of H-pyrrole nitrogens is 1. The zero-order chi connectivity index (χ0) is 41.7. The van der Waals surface area contributed by atoms with Gasteiger partial charge in [-0.2, -0.15) is 0 Å². The lowest BCUT2D eigenvalue weighted by molar-refractivity contribution is -0.173. The molecule has 0 aliphatic heterocycles. The number of imidazole rings is 1. The Labute approximate surface area is 356 Å². The van der Waals surface area contributed by atoms with E-state index in [9.17, 15) is 30.6 Å². The van der Waals surface area contributed by atoms with Gasteiger partial charge < -0.3 is 40.9 Å². The summed E-state index contributed by atoms with van der Waals surface area (Å²) in [6.45, 7) is 0.669. The number of hydrogen-bond acceptors (Lipinski definition) is 8. The molecule has 5 aromatic rings. The number of aromatic nitrogens is 2. The third-order valence-corrected chi connectivity index (χ3v) is 16.8. The number of benzene rings is 4. The number of aliphatic hydroxyl groups excluding tert-OH is 1. The summed E-state index contributed by atoms with van der Waals surface area (Å²) in [7, 11) is 0. The molecule has 6 aliphatic rings. The van der Waals surface area contributed by atoms with Crippen molar-refractivity contribution in [2.24, 2.45) is 34.5 Å². The minimum absolute atomic E-state index is 0.00811. The fourth-order valence-electron chi connectivity index (χ4n) is 14.5. The summed E-state index contributed by atoms with van der Waals surface area (Å²) in [5.41, 5.74) is 6.32. The molecule has 6 aliphatic carbocycles. The number of fused-ring (bicyclic) bond motifs is 2. The van der Waals surface area contributed by atoms with E-state index in [0.717, 1.165) is 12.0 Å². The Morgan fingerprint density at radius 2 is 1.59 bits per heavy atom. The first-order valence-electron chi connectivity index (χ1n) is 22.4. The summed E-state index contributed by atoms with van der Waals surface area (Å²) in [5.74, 6) is 0.426. The van der Waals surface area contributed by atoms with Gasteiger partial charge in [0, 0.05) is 35.2 Å². The molecule has 1 heterocycles. The highest BCUT2D eigenvalue weighted by Crippen LogP contribution is 2.78. The van der Waals surface area contributed by atoms with E-state index in [0.29, 0.717) is 59.2 Å². The molecule has 0 amide bonds. The van der Waals surface area contributed by atoms with E-state index in [1.54, 1.807) is 30.4 Å². The number of phenols is 5. The van der Waals surface area contributed by atoms with Crippen molar-refractivity contribution in [2.75, 3.05) is 0 Å². The van der Waals surface area contributed by atoms with Gasteiger partial charge >= 0.3 is 0 Å². The molecule has 3 saturated carbocycles. The Morgan fingerprint density at radius 1 is 0.754 bits per heavy atom. The average Bonchev–Trinajstić information content (AvgIpc) is 3.99. The van der Waals surface area contributed by atoms with E-state index in [1.165, 1.54) is 86.5 Å². The lowest BCUT2D eigenvalue weighted by Gasteiger charge is -2.70. The van der Waals surface area contributed by atoms with Crippen LogP contribution in [-0.4, -0.2) is 52.8 Å². The molecule has 61 heavy (non-hydrogen) atoms. The molecule has 0 saturated heterocycles. The van der Waals surface area contributed by atoms with Crippen LogP contribution in [0.5, 0.6) is 28.7 Å². The van der Waals surface area contributed by atoms with Gasteiger partial charge in [0.05, 0.1) is 23.5 Å². The molecule has 0 bridgehead atoms. The molecule has 0 radical (unpaired) electrons. The lowest BCUT2D eigenvalue weighted by atomic mass is 9.34. The minimum Gasteiger partial charge on any atom is -0.507 e. The van der Waals surface area contributed by atoms with Gasteiger partial charge in [-0.25, -0.2) is 4.98 Å². The molecule has 8 N–H and O–H groups in total. The molecule has 9 nitrogen and oxygen atoms in total. The van der Waals surface area contributed by atoms with Gasteiger partial charge in [0.1, 0.15) is 5.75 Å². The van der Waals surface area contributed by atoms with Crippen LogP contribution in [0, 0.1) is 34.5 Å². The van der Waals surface area contributed by atoms with Gasteiger partial charge in [-0.3, -0.25) is 0 Å².